The van der Waals surface area contributed by atoms with Crippen molar-refractivity contribution in [1.29, 1.82) is 0 Å². The van der Waals surface area contributed by atoms with Crippen LogP contribution in [0, 0.1) is 0 Å². The number of carbonyl (C=O) groups is 3. The van der Waals surface area contributed by atoms with Crippen LogP contribution in [-0.2, 0) is 42.2 Å². The second-order valence-corrected chi connectivity index (χ2v) is 20.8. The van der Waals surface area contributed by atoms with Crippen LogP contribution in [0.4, 0.5) is 0 Å². The summed E-state index contributed by atoms with van der Waals surface area (Å²) in [5, 5.41) is 9.80. The molecule has 0 aliphatic carbocycles. The number of esters is 3. The van der Waals surface area contributed by atoms with E-state index in [2.05, 4.69) is 136 Å². The van der Waals surface area contributed by atoms with Crippen LogP contribution in [-0.4, -0.2) is 66.5 Å². The standard InChI is InChI=1S/C66H107O11P/c1-4-7-10-13-16-19-22-25-27-29-31-33-35-38-40-43-46-49-52-55-64(68)73-59-63(77-66(70)57-54-51-48-45-42-39-36-34-32-30-28-26-23-20-17-14-11-8-5-2)61-75-78(71,72)74-60-62(58-67)76-65(69)56-53-50-47-44-41-37-24-21-18-15-12-9-6-3/h7,9-10,12,16-21,25-28,31-34,37,41,47,50,62-63,67H,4-6,8,11,13-15,22-24,29-30,35-36,38-40,42-46,48-49,51-61H2,1-3H3,(H,71,72)/b10-7-,12-9-,19-16-,20-17-,21-18-,27-25-,28-26-,33-31-,34-32-,41-37-,50-47-. The molecule has 3 atom stereocenters. The predicted molar refractivity (Wildman–Crippen MR) is 325 cm³/mol. The fraction of sp³-hybridized carbons (Fsp3) is 0.621. The van der Waals surface area contributed by atoms with Crippen molar-refractivity contribution in [1.82, 2.24) is 0 Å². The van der Waals surface area contributed by atoms with Crippen LogP contribution in [0.3, 0.4) is 0 Å². The van der Waals surface area contributed by atoms with Gasteiger partial charge in [0.2, 0.25) is 0 Å². The lowest BCUT2D eigenvalue weighted by molar-refractivity contribution is -0.161. The van der Waals surface area contributed by atoms with Crippen molar-refractivity contribution < 1.29 is 52.2 Å². The molecule has 2 N–H and O–H groups in total. The monoisotopic (exact) mass is 1110 g/mol. The highest BCUT2D eigenvalue weighted by atomic mass is 31.2. The van der Waals surface area contributed by atoms with Gasteiger partial charge in [0.05, 0.1) is 19.8 Å². The quantitative estimate of drug-likeness (QED) is 0.0197. The molecule has 0 aromatic rings. The summed E-state index contributed by atoms with van der Waals surface area (Å²) in [7, 11) is -4.78. The Balaban J connectivity index is 4.85. The highest BCUT2D eigenvalue weighted by molar-refractivity contribution is 7.47. The minimum Gasteiger partial charge on any atom is -0.462 e. The third kappa shape index (κ3) is 56.3. The number of allylic oxidation sites excluding steroid dienone is 22. The average molecular weight is 1110 g/mol. The molecule has 11 nitrogen and oxygen atoms in total. The number of hydrogen-bond acceptors (Lipinski definition) is 10. The molecule has 0 saturated carbocycles. The highest BCUT2D eigenvalue weighted by Gasteiger charge is 2.28. The van der Waals surface area contributed by atoms with Gasteiger partial charge in [-0.2, -0.15) is 0 Å². The van der Waals surface area contributed by atoms with E-state index in [1.807, 2.05) is 18.2 Å². The van der Waals surface area contributed by atoms with Crippen LogP contribution in [0.1, 0.15) is 226 Å². The zero-order chi connectivity index (χ0) is 56.9. The molecule has 0 fully saturated rings. The van der Waals surface area contributed by atoms with Gasteiger partial charge in [0, 0.05) is 19.3 Å². The van der Waals surface area contributed by atoms with Gasteiger partial charge in [-0.15, -0.1) is 0 Å². The summed E-state index contributed by atoms with van der Waals surface area (Å²) in [5.74, 6) is -1.60. The van der Waals surface area contributed by atoms with Crippen LogP contribution in [0.5, 0.6) is 0 Å². The average Bonchev–Trinajstić information content (AvgIpc) is 3.43. The first-order valence-corrected chi connectivity index (χ1v) is 31.6. The summed E-state index contributed by atoms with van der Waals surface area (Å²) in [5.41, 5.74) is 0. The van der Waals surface area contributed by atoms with Crippen molar-refractivity contribution in [3.05, 3.63) is 134 Å². The largest absolute Gasteiger partial charge is 0.472 e. The zero-order valence-electron chi connectivity index (χ0n) is 48.8. The van der Waals surface area contributed by atoms with E-state index in [0.29, 0.717) is 19.3 Å². The molecule has 0 rings (SSSR count). The fourth-order valence-corrected chi connectivity index (χ4v) is 8.33. The van der Waals surface area contributed by atoms with Gasteiger partial charge in [-0.3, -0.25) is 23.4 Å². The van der Waals surface area contributed by atoms with Crippen molar-refractivity contribution in [2.24, 2.45) is 0 Å². The van der Waals surface area contributed by atoms with Gasteiger partial charge in [-0.05, 0) is 122 Å². The normalized spacial score (nSPS) is 14.3. The summed E-state index contributed by atoms with van der Waals surface area (Å²) in [6.07, 6.45) is 74.2. The third-order valence-corrected chi connectivity index (χ3v) is 13.0. The number of phosphoric acid groups is 1. The lowest BCUT2D eigenvalue weighted by Crippen LogP contribution is -2.30. The predicted octanol–water partition coefficient (Wildman–Crippen LogP) is 18.1. The van der Waals surface area contributed by atoms with E-state index in [-0.39, 0.29) is 25.9 Å². The lowest BCUT2D eigenvalue weighted by atomic mass is 10.1. The number of carbonyl (C=O) groups excluding carboxylic acids is 3. The molecule has 442 valence electrons. The second-order valence-electron chi connectivity index (χ2n) is 19.4. The number of hydrogen-bond donors (Lipinski definition) is 2. The Morgan fingerprint density at radius 2 is 0.692 bits per heavy atom. The smallest absolute Gasteiger partial charge is 0.462 e. The fourth-order valence-electron chi connectivity index (χ4n) is 7.54. The van der Waals surface area contributed by atoms with Gasteiger partial charge in [0.25, 0.3) is 0 Å². The molecule has 0 spiro atoms. The summed E-state index contributed by atoms with van der Waals surface area (Å²) < 4.78 is 39.5. The molecular weight excluding hydrogens is 1000 g/mol. The van der Waals surface area contributed by atoms with Gasteiger partial charge in [-0.25, -0.2) is 4.57 Å². The summed E-state index contributed by atoms with van der Waals surface area (Å²) in [6.45, 7) is 4.26. The Labute approximate surface area is 474 Å². The van der Waals surface area contributed by atoms with Gasteiger partial charge in [0.15, 0.2) is 6.10 Å². The third-order valence-electron chi connectivity index (χ3n) is 12.1. The van der Waals surface area contributed by atoms with Crippen molar-refractivity contribution in [2.75, 3.05) is 26.4 Å². The van der Waals surface area contributed by atoms with Crippen molar-refractivity contribution in [3.8, 4) is 0 Å². The topological polar surface area (TPSA) is 155 Å². The van der Waals surface area contributed by atoms with Crippen LogP contribution in [0.15, 0.2) is 134 Å². The van der Waals surface area contributed by atoms with Crippen LogP contribution < -0.4 is 0 Å². The van der Waals surface area contributed by atoms with E-state index in [0.717, 1.165) is 141 Å². The first kappa shape index (κ1) is 73.6. The van der Waals surface area contributed by atoms with Gasteiger partial charge in [-0.1, -0.05) is 219 Å². The lowest BCUT2D eigenvalue weighted by Gasteiger charge is -2.21. The van der Waals surface area contributed by atoms with Gasteiger partial charge >= 0.3 is 25.7 Å². The Morgan fingerprint density at radius 3 is 1.10 bits per heavy atom. The molecule has 0 aromatic carbocycles. The number of aliphatic hydroxyl groups is 1. The van der Waals surface area contributed by atoms with Crippen LogP contribution >= 0.6 is 7.82 Å². The molecule has 0 aliphatic rings. The molecule has 0 saturated heterocycles. The van der Waals surface area contributed by atoms with Crippen molar-refractivity contribution >= 4 is 25.7 Å². The van der Waals surface area contributed by atoms with E-state index >= 15 is 0 Å². The molecule has 0 bridgehead atoms. The van der Waals surface area contributed by atoms with Crippen LogP contribution in [0.2, 0.25) is 0 Å². The van der Waals surface area contributed by atoms with Gasteiger partial charge < -0.3 is 24.2 Å². The molecule has 0 heterocycles. The Kier molecular flexibility index (Phi) is 55.5. The summed E-state index contributed by atoms with van der Waals surface area (Å²) >= 11 is 0. The number of phosphoric ester groups is 1. The van der Waals surface area contributed by atoms with Crippen molar-refractivity contribution in [2.45, 2.75) is 238 Å². The number of rotatable bonds is 54. The van der Waals surface area contributed by atoms with E-state index in [9.17, 15) is 28.9 Å². The van der Waals surface area contributed by atoms with E-state index < -0.39 is 57.8 Å². The summed E-state index contributed by atoms with van der Waals surface area (Å²) in [4.78, 5) is 48.6. The van der Waals surface area contributed by atoms with Crippen LogP contribution in [0.25, 0.3) is 0 Å². The highest BCUT2D eigenvalue weighted by Crippen LogP contribution is 2.43. The molecule has 0 radical (unpaired) electrons. The van der Waals surface area contributed by atoms with Gasteiger partial charge in [0.1, 0.15) is 12.7 Å². The molecule has 0 aliphatic heterocycles. The minimum absolute atomic E-state index is 0.0475. The molecule has 0 aromatic heterocycles. The number of aliphatic hydroxyl groups excluding tert-OH is 1. The van der Waals surface area contributed by atoms with Crippen molar-refractivity contribution in [3.63, 3.8) is 0 Å². The molecule has 12 heteroatoms. The molecule has 0 amide bonds. The van der Waals surface area contributed by atoms with E-state index in [1.165, 1.54) is 25.7 Å². The first-order chi connectivity index (χ1) is 38.2. The minimum atomic E-state index is -4.78. The SMILES string of the molecule is CC/C=C\C/C=C\C/C=C\C/C=C\CCCCCCCCC(=O)OCC(COP(=O)(O)OCC(CO)OC(=O)CC/C=C\C/C=C\C/C=C\C/C=C\CC)OC(=O)CCCCCCCC/C=C\C/C=C\C/C=C\CCCCC. The summed E-state index contributed by atoms with van der Waals surface area (Å²) in [6, 6.07) is 0. The number of ether oxygens (including phenoxy) is 3. The number of unbranched alkanes of at least 4 members (excludes halogenated alkanes) is 15. The maximum atomic E-state index is 12.9. The maximum absolute atomic E-state index is 12.9. The van der Waals surface area contributed by atoms with E-state index in [1.54, 1.807) is 0 Å². The van der Waals surface area contributed by atoms with E-state index in [4.69, 9.17) is 23.3 Å². The Bertz CT molecular complexity index is 1820. The molecular formula is C66H107O11P. The Hall–Kier alpha value is -4.38. The molecule has 78 heavy (non-hydrogen) atoms. The maximum Gasteiger partial charge on any atom is 0.472 e. The second kappa shape index (κ2) is 58.8. The zero-order valence-corrected chi connectivity index (χ0v) is 49.7. The first-order valence-electron chi connectivity index (χ1n) is 30.1. The molecule has 3 unspecified atom stereocenters. The Morgan fingerprint density at radius 1 is 0.372 bits per heavy atom.